The lowest BCUT2D eigenvalue weighted by Gasteiger charge is -2.23. The number of ether oxygens (including phenoxy) is 2. The molecule has 1 aromatic heterocycles. The van der Waals surface area contributed by atoms with Crippen molar-refractivity contribution in [3.8, 4) is 17.3 Å². The van der Waals surface area contributed by atoms with Crippen LogP contribution in [-0.4, -0.2) is 47.5 Å². The Morgan fingerprint density at radius 3 is 2.59 bits per heavy atom. The molecule has 0 saturated heterocycles. The van der Waals surface area contributed by atoms with Gasteiger partial charge in [0.1, 0.15) is 5.75 Å². The molecule has 0 atom stereocenters. The quantitative estimate of drug-likeness (QED) is 0.493. The summed E-state index contributed by atoms with van der Waals surface area (Å²) in [5.41, 5.74) is 3.66. The average Bonchev–Trinajstić information content (AvgIpc) is 3.10. The van der Waals surface area contributed by atoms with Crippen molar-refractivity contribution in [1.82, 2.24) is 20.0 Å². The summed E-state index contributed by atoms with van der Waals surface area (Å²) in [5.74, 6) is 1.33. The third-order valence-corrected chi connectivity index (χ3v) is 5.07. The zero-order chi connectivity index (χ0) is 22.9. The first kappa shape index (κ1) is 23.3. The van der Waals surface area contributed by atoms with E-state index in [2.05, 4.69) is 5.32 Å². The first-order chi connectivity index (χ1) is 15.5. The lowest BCUT2D eigenvalue weighted by molar-refractivity contribution is 0.146. The highest BCUT2D eigenvalue weighted by Crippen LogP contribution is 2.32. The van der Waals surface area contributed by atoms with Gasteiger partial charge in [-0.05, 0) is 50.1 Å². The van der Waals surface area contributed by atoms with Gasteiger partial charge in [0.25, 0.3) is 0 Å². The normalized spacial score (nSPS) is 10.8. The number of rotatable bonds is 10. The second-order valence-corrected chi connectivity index (χ2v) is 7.68. The van der Waals surface area contributed by atoms with Crippen LogP contribution in [0.15, 0.2) is 54.6 Å². The van der Waals surface area contributed by atoms with Crippen LogP contribution in [0.2, 0.25) is 0 Å². The topological polar surface area (TPSA) is 68.6 Å². The minimum absolute atomic E-state index is 0.128. The molecule has 32 heavy (non-hydrogen) atoms. The maximum absolute atomic E-state index is 12.8. The summed E-state index contributed by atoms with van der Waals surface area (Å²) in [6.45, 7) is 7.89. The van der Waals surface area contributed by atoms with E-state index in [1.165, 1.54) is 0 Å². The highest BCUT2D eigenvalue weighted by molar-refractivity contribution is 5.74. The molecule has 2 aromatic carbocycles. The molecule has 7 nitrogen and oxygen atoms in total. The number of urea groups is 1. The highest BCUT2D eigenvalue weighted by atomic mass is 16.5. The van der Waals surface area contributed by atoms with Crippen molar-refractivity contribution in [1.29, 1.82) is 0 Å². The SMILES string of the molecule is CCCNC(=O)N(CCOC)Cc1c(C)nn(-c2ccccc2)c1Oc1cccc(C)c1. The van der Waals surface area contributed by atoms with E-state index in [4.69, 9.17) is 14.6 Å². The summed E-state index contributed by atoms with van der Waals surface area (Å²) in [7, 11) is 1.63. The molecule has 3 rings (SSSR count). The van der Waals surface area contributed by atoms with Crippen LogP contribution < -0.4 is 10.1 Å². The van der Waals surface area contributed by atoms with Crippen molar-refractivity contribution in [2.75, 3.05) is 26.8 Å². The minimum atomic E-state index is -0.128. The maximum atomic E-state index is 12.8. The van der Waals surface area contributed by atoms with Crippen LogP contribution in [0.1, 0.15) is 30.2 Å². The molecule has 3 aromatic rings. The Morgan fingerprint density at radius 2 is 1.91 bits per heavy atom. The van der Waals surface area contributed by atoms with E-state index < -0.39 is 0 Å². The van der Waals surface area contributed by atoms with Crippen molar-refractivity contribution in [3.05, 3.63) is 71.4 Å². The molecular formula is C25H32N4O3. The lowest BCUT2D eigenvalue weighted by Crippen LogP contribution is -2.41. The number of hydrogen-bond acceptors (Lipinski definition) is 4. The van der Waals surface area contributed by atoms with Gasteiger partial charge in [0.15, 0.2) is 0 Å². The Kier molecular flexibility index (Phi) is 8.27. The first-order valence-electron chi connectivity index (χ1n) is 10.9. The Labute approximate surface area is 190 Å². The minimum Gasteiger partial charge on any atom is -0.439 e. The molecule has 1 N–H and O–H groups in total. The fourth-order valence-electron chi connectivity index (χ4n) is 3.35. The summed E-state index contributed by atoms with van der Waals surface area (Å²) in [4.78, 5) is 14.5. The molecular weight excluding hydrogens is 404 g/mol. The van der Waals surface area contributed by atoms with Gasteiger partial charge in [0.2, 0.25) is 5.88 Å². The number of aromatic nitrogens is 2. The van der Waals surface area contributed by atoms with E-state index in [1.807, 2.05) is 75.4 Å². The molecule has 0 unspecified atom stereocenters. The number of nitrogens with one attached hydrogen (secondary N) is 1. The van der Waals surface area contributed by atoms with Crippen LogP contribution in [-0.2, 0) is 11.3 Å². The van der Waals surface area contributed by atoms with E-state index in [0.29, 0.717) is 32.1 Å². The molecule has 170 valence electrons. The summed E-state index contributed by atoms with van der Waals surface area (Å²) in [5, 5.41) is 7.72. The number of methoxy groups -OCH3 is 1. The summed E-state index contributed by atoms with van der Waals surface area (Å²) in [6.07, 6.45) is 0.872. The first-order valence-corrected chi connectivity index (χ1v) is 10.9. The fourth-order valence-corrected chi connectivity index (χ4v) is 3.35. The molecule has 0 aliphatic carbocycles. The van der Waals surface area contributed by atoms with E-state index in [1.54, 1.807) is 16.7 Å². The van der Waals surface area contributed by atoms with Crippen LogP contribution in [0.4, 0.5) is 4.79 Å². The van der Waals surface area contributed by atoms with E-state index in [-0.39, 0.29) is 6.03 Å². The Bertz CT molecular complexity index is 1020. The third-order valence-electron chi connectivity index (χ3n) is 5.07. The van der Waals surface area contributed by atoms with Crippen LogP contribution in [0.5, 0.6) is 11.6 Å². The van der Waals surface area contributed by atoms with Gasteiger partial charge in [0, 0.05) is 20.2 Å². The molecule has 0 spiro atoms. The molecule has 0 aliphatic rings. The van der Waals surface area contributed by atoms with Crippen LogP contribution in [0, 0.1) is 13.8 Å². The number of benzene rings is 2. The average molecular weight is 437 g/mol. The van der Waals surface area contributed by atoms with Crippen LogP contribution in [0.3, 0.4) is 0 Å². The van der Waals surface area contributed by atoms with Gasteiger partial charge in [-0.2, -0.15) is 5.10 Å². The molecule has 0 aliphatic heterocycles. The Hall–Kier alpha value is -3.32. The zero-order valence-corrected chi connectivity index (χ0v) is 19.3. The predicted octanol–water partition coefficient (Wildman–Crippen LogP) is 4.85. The van der Waals surface area contributed by atoms with Gasteiger partial charge < -0.3 is 19.7 Å². The second-order valence-electron chi connectivity index (χ2n) is 7.68. The van der Waals surface area contributed by atoms with E-state index >= 15 is 0 Å². The number of nitrogens with zero attached hydrogens (tertiary/aromatic N) is 3. The number of carbonyl (C=O) groups is 1. The lowest BCUT2D eigenvalue weighted by atomic mass is 10.2. The van der Waals surface area contributed by atoms with Crippen molar-refractivity contribution in [2.24, 2.45) is 0 Å². The highest BCUT2D eigenvalue weighted by Gasteiger charge is 2.23. The van der Waals surface area contributed by atoms with Gasteiger partial charge >= 0.3 is 6.03 Å². The Morgan fingerprint density at radius 1 is 1.12 bits per heavy atom. The van der Waals surface area contributed by atoms with Crippen LogP contribution in [0.25, 0.3) is 5.69 Å². The van der Waals surface area contributed by atoms with Crippen LogP contribution >= 0.6 is 0 Å². The fraction of sp³-hybridized carbons (Fsp3) is 0.360. The standard InChI is InChI=1S/C25H32N4O3/c1-5-14-26-25(30)28(15-16-31-4)18-23-20(3)27-29(21-11-7-6-8-12-21)24(23)32-22-13-9-10-19(2)17-22/h6-13,17H,5,14-16,18H2,1-4H3,(H,26,30). The smallest absolute Gasteiger partial charge is 0.317 e. The summed E-state index contributed by atoms with van der Waals surface area (Å²) >= 11 is 0. The predicted molar refractivity (Wildman–Crippen MR) is 126 cm³/mol. The number of aryl methyl sites for hydroxylation is 2. The Balaban J connectivity index is 2.01. The van der Waals surface area contributed by atoms with Gasteiger partial charge in [-0.1, -0.05) is 37.3 Å². The van der Waals surface area contributed by atoms with Gasteiger partial charge in [-0.25, -0.2) is 9.48 Å². The van der Waals surface area contributed by atoms with Crippen molar-refractivity contribution in [3.63, 3.8) is 0 Å². The van der Waals surface area contributed by atoms with E-state index in [0.717, 1.165) is 34.7 Å². The van der Waals surface area contributed by atoms with Crippen molar-refractivity contribution < 1.29 is 14.3 Å². The van der Waals surface area contributed by atoms with Gasteiger partial charge in [-0.3, -0.25) is 0 Å². The van der Waals surface area contributed by atoms with Crippen molar-refractivity contribution in [2.45, 2.75) is 33.7 Å². The van der Waals surface area contributed by atoms with Gasteiger partial charge in [0.05, 0.1) is 30.1 Å². The number of amides is 2. The number of hydrogen-bond donors (Lipinski definition) is 1. The summed E-state index contributed by atoms with van der Waals surface area (Å²) in [6, 6.07) is 17.6. The zero-order valence-electron chi connectivity index (χ0n) is 19.3. The number of para-hydroxylation sites is 1. The third kappa shape index (κ3) is 5.88. The monoisotopic (exact) mass is 436 g/mol. The molecule has 0 bridgehead atoms. The number of carbonyl (C=O) groups excluding carboxylic acids is 1. The second kappa shape index (κ2) is 11.3. The van der Waals surface area contributed by atoms with Crippen molar-refractivity contribution >= 4 is 6.03 Å². The largest absolute Gasteiger partial charge is 0.439 e. The maximum Gasteiger partial charge on any atom is 0.317 e. The molecule has 7 heteroatoms. The molecule has 2 amide bonds. The molecule has 0 fully saturated rings. The molecule has 0 radical (unpaired) electrons. The van der Waals surface area contributed by atoms with E-state index in [9.17, 15) is 4.79 Å². The summed E-state index contributed by atoms with van der Waals surface area (Å²) < 4.78 is 13.4. The molecule has 1 heterocycles. The van der Waals surface area contributed by atoms with Gasteiger partial charge in [-0.15, -0.1) is 0 Å². The molecule has 0 saturated carbocycles.